The Kier molecular flexibility index (Phi) is 3.17. The van der Waals surface area contributed by atoms with Crippen molar-refractivity contribution in [3.05, 3.63) is 29.6 Å². The lowest BCUT2D eigenvalue weighted by Crippen LogP contribution is -2.32. The molecule has 1 aromatic heterocycles. The second-order valence-corrected chi connectivity index (χ2v) is 5.52. The Balaban J connectivity index is 1.71. The number of amides is 1. The maximum absolute atomic E-state index is 12.4. The minimum absolute atomic E-state index is 0.0522. The molecular formula is C14H16N2O4. The number of hydrogen-bond acceptors (Lipinski definition) is 4. The Morgan fingerprint density at radius 3 is 2.80 bits per heavy atom. The fourth-order valence-electron chi connectivity index (χ4n) is 2.91. The van der Waals surface area contributed by atoms with Crippen molar-refractivity contribution in [1.29, 1.82) is 0 Å². The van der Waals surface area contributed by atoms with E-state index in [0.29, 0.717) is 12.1 Å². The molecule has 2 aliphatic rings. The Bertz CT molecular complexity index is 535. The molecule has 106 valence electrons. The van der Waals surface area contributed by atoms with Gasteiger partial charge in [0.15, 0.2) is 0 Å². The van der Waals surface area contributed by atoms with E-state index in [2.05, 4.69) is 4.98 Å². The van der Waals surface area contributed by atoms with Gasteiger partial charge in [0, 0.05) is 31.3 Å². The highest BCUT2D eigenvalue weighted by Gasteiger charge is 2.42. The first-order chi connectivity index (χ1) is 9.60. The van der Waals surface area contributed by atoms with Crippen LogP contribution in [-0.4, -0.2) is 53.2 Å². The summed E-state index contributed by atoms with van der Waals surface area (Å²) in [6, 6.07) is 2.88. The van der Waals surface area contributed by atoms with Crippen molar-refractivity contribution >= 4 is 11.9 Å². The molecule has 3 heterocycles. The van der Waals surface area contributed by atoms with E-state index in [-0.39, 0.29) is 17.0 Å². The average molecular weight is 276 g/mol. The lowest BCUT2D eigenvalue weighted by atomic mass is 9.87. The molecule has 0 radical (unpaired) electrons. The fraction of sp³-hybridized carbons (Fsp3) is 0.500. The quantitative estimate of drug-likeness (QED) is 0.872. The van der Waals surface area contributed by atoms with E-state index in [1.54, 1.807) is 0 Å². The van der Waals surface area contributed by atoms with Crippen molar-refractivity contribution in [3.8, 4) is 0 Å². The van der Waals surface area contributed by atoms with Gasteiger partial charge in [-0.3, -0.25) is 4.79 Å². The van der Waals surface area contributed by atoms with Crippen molar-refractivity contribution in [2.45, 2.75) is 12.8 Å². The third kappa shape index (κ3) is 2.27. The third-order valence-corrected chi connectivity index (χ3v) is 4.14. The molecule has 20 heavy (non-hydrogen) atoms. The molecule has 2 aliphatic heterocycles. The first kappa shape index (κ1) is 13.1. The molecule has 1 N–H and O–H groups in total. The lowest BCUT2D eigenvalue weighted by molar-refractivity contribution is 0.0687. The molecule has 6 nitrogen and oxygen atoms in total. The van der Waals surface area contributed by atoms with Crippen LogP contribution in [0.5, 0.6) is 0 Å². The SMILES string of the molecule is O=C(O)c1ccc(C(=O)N2CCC3(CCOC3)C2)cn1. The van der Waals surface area contributed by atoms with E-state index >= 15 is 0 Å². The van der Waals surface area contributed by atoms with Crippen molar-refractivity contribution in [2.75, 3.05) is 26.3 Å². The average Bonchev–Trinajstić information content (AvgIpc) is 3.09. The first-order valence-corrected chi connectivity index (χ1v) is 6.66. The summed E-state index contributed by atoms with van der Waals surface area (Å²) < 4.78 is 5.44. The maximum atomic E-state index is 12.4. The highest BCUT2D eigenvalue weighted by atomic mass is 16.5. The zero-order valence-corrected chi connectivity index (χ0v) is 11.0. The smallest absolute Gasteiger partial charge is 0.354 e. The number of likely N-dealkylation sites (tertiary alicyclic amines) is 1. The number of hydrogen-bond donors (Lipinski definition) is 1. The largest absolute Gasteiger partial charge is 0.477 e. The number of pyridine rings is 1. The van der Waals surface area contributed by atoms with E-state index in [4.69, 9.17) is 9.84 Å². The zero-order valence-electron chi connectivity index (χ0n) is 11.0. The molecule has 6 heteroatoms. The van der Waals surface area contributed by atoms with E-state index in [1.165, 1.54) is 18.3 Å². The Morgan fingerprint density at radius 2 is 2.20 bits per heavy atom. The van der Waals surface area contributed by atoms with Crippen LogP contribution in [-0.2, 0) is 4.74 Å². The van der Waals surface area contributed by atoms with Crippen LogP contribution in [0.15, 0.2) is 18.3 Å². The molecule has 1 amide bonds. The molecule has 3 rings (SSSR count). The third-order valence-electron chi connectivity index (χ3n) is 4.14. The van der Waals surface area contributed by atoms with Gasteiger partial charge in [0.25, 0.3) is 5.91 Å². The zero-order chi connectivity index (χ0) is 14.2. The molecule has 2 fully saturated rings. The predicted octanol–water partition coefficient (Wildman–Crippen LogP) is 1.03. The number of carboxylic acids is 1. The Labute approximate surface area is 116 Å². The number of carboxylic acid groups (broad SMARTS) is 1. The summed E-state index contributed by atoms with van der Waals surface area (Å²) in [6.45, 7) is 2.94. The number of rotatable bonds is 2. The number of ether oxygens (including phenoxy) is 1. The molecule has 1 aromatic rings. The second-order valence-electron chi connectivity index (χ2n) is 5.52. The minimum atomic E-state index is -1.09. The maximum Gasteiger partial charge on any atom is 0.354 e. The van der Waals surface area contributed by atoms with Crippen LogP contribution >= 0.6 is 0 Å². The summed E-state index contributed by atoms with van der Waals surface area (Å²) in [5.74, 6) is -1.18. The van der Waals surface area contributed by atoms with Crippen LogP contribution in [0.3, 0.4) is 0 Å². The van der Waals surface area contributed by atoms with E-state index < -0.39 is 5.97 Å². The van der Waals surface area contributed by atoms with Gasteiger partial charge < -0.3 is 14.7 Å². The summed E-state index contributed by atoms with van der Waals surface area (Å²) >= 11 is 0. The lowest BCUT2D eigenvalue weighted by Gasteiger charge is -2.21. The van der Waals surface area contributed by atoms with Crippen molar-refractivity contribution < 1.29 is 19.4 Å². The van der Waals surface area contributed by atoms with Crippen LogP contribution in [0.25, 0.3) is 0 Å². The second kappa shape index (κ2) is 4.86. The molecule has 0 saturated carbocycles. The molecule has 1 spiro atoms. The summed E-state index contributed by atoms with van der Waals surface area (Å²) in [7, 11) is 0. The summed E-state index contributed by atoms with van der Waals surface area (Å²) in [5.41, 5.74) is 0.513. The van der Waals surface area contributed by atoms with Crippen molar-refractivity contribution in [2.24, 2.45) is 5.41 Å². The van der Waals surface area contributed by atoms with Gasteiger partial charge in [-0.25, -0.2) is 9.78 Å². The Morgan fingerprint density at radius 1 is 1.35 bits per heavy atom. The molecule has 1 atom stereocenters. The van der Waals surface area contributed by atoms with Gasteiger partial charge in [-0.15, -0.1) is 0 Å². The number of carbonyl (C=O) groups excluding carboxylic acids is 1. The highest BCUT2D eigenvalue weighted by Crippen LogP contribution is 2.38. The molecule has 0 aliphatic carbocycles. The number of aromatic nitrogens is 1. The number of carbonyl (C=O) groups is 2. The summed E-state index contributed by atoms with van der Waals surface area (Å²) in [4.78, 5) is 28.7. The summed E-state index contributed by atoms with van der Waals surface area (Å²) in [6.07, 6.45) is 3.31. The van der Waals surface area contributed by atoms with Gasteiger partial charge >= 0.3 is 5.97 Å². The van der Waals surface area contributed by atoms with Gasteiger partial charge in [-0.1, -0.05) is 0 Å². The van der Waals surface area contributed by atoms with E-state index in [0.717, 1.165) is 32.6 Å². The van der Waals surface area contributed by atoms with Crippen LogP contribution in [0.4, 0.5) is 0 Å². The van der Waals surface area contributed by atoms with E-state index in [9.17, 15) is 9.59 Å². The first-order valence-electron chi connectivity index (χ1n) is 6.66. The van der Waals surface area contributed by atoms with Crippen molar-refractivity contribution in [3.63, 3.8) is 0 Å². The fourth-order valence-corrected chi connectivity index (χ4v) is 2.91. The topological polar surface area (TPSA) is 79.7 Å². The van der Waals surface area contributed by atoms with Crippen molar-refractivity contribution in [1.82, 2.24) is 9.88 Å². The van der Waals surface area contributed by atoms with Gasteiger partial charge in [0.1, 0.15) is 5.69 Å². The van der Waals surface area contributed by atoms with E-state index in [1.807, 2.05) is 4.90 Å². The molecule has 0 aromatic carbocycles. The predicted molar refractivity (Wildman–Crippen MR) is 69.6 cm³/mol. The number of nitrogens with zero attached hydrogens (tertiary/aromatic N) is 2. The highest BCUT2D eigenvalue weighted by molar-refractivity contribution is 5.95. The van der Waals surface area contributed by atoms with Gasteiger partial charge in [0.05, 0.1) is 12.2 Å². The van der Waals surface area contributed by atoms with Crippen LogP contribution in [0, 0.1) is 5.41 Å². The molecule has 1 unspecified atom stereocenters. The molecular weight excluding hydrogens is 260 g/mol. The van der Waals surface area contributed by atoms with Crippen LogP contribution < -0.4 is 0 Å². The van der Waals surface area contributed by atoms with Gasteiger partial charge in [0.2, 0.25) is 0 Å². The monoisotopic (exact) mass is 276 g/mol. The molecule has 2 saturated heterocycles. The Hall–Kier alpha value is -1.95. The summed E-state index contributed by atoms with van der Waals surface area (Å²) in [5, 5.41) is 8.79. The number of aromatic carboxylic acids is 1. The standard InChI is InChI=1S/C14H16N2O4/c17-12(10-1-2-11(13(18)19)15-7-10)16-5-3-14(8-16)4-6-20-9-14/h1-2,7H,3-6,8-9H2,(H,18,19). The van der Waals surface area contributed by atoms with Gasteiger partial charge in [-0.2, -0.15) is 0 Å². The molecule has 0 bridgehead atoms. The normalized spacial score (nSPS) is 25.3. The minimum Gasteiger partial charge on any atom is -0.477 e. The van der Waals surface area contributed by atoms with Crippen LogP contribution in [0.1, 0.15) is 33.7 Å². The van der Waals surface area contributed by atoms with Gasteiger partial charge in [-0.05, 0) is 25.0 Å². The van der Waals surface area contributed by atoms with Crippen LogP contribution in [0.2, 0.25) is 0 Å².